The van der Waals surface area contributed by atoms with E-state index in [0.29, 0.717) is 0 Å². The largest absolute Gasteiger partial charge is 0.395 e. The second-order valence-corrected chi connectivity index (χ2v) is 14.0. The third kappa shape index (κ3) is 5.68. The van der Waals surface area contributed by atoms with Crippen molar-refractivity contribution in [1.82, 2.24) is 0 Å². The topological polar surface area (TPSA) is 18.5 Å². The molecule has 0 unspecified atom stereocenters. The van der Waals surface area contributed by atoms with E-state index in [-0.39, 0.29) is 0 Å². The third-order valence-corrected chi connectivity index (χ3v) is 13.5. The van der Waals surface area contributed by atoms with Gasteiger partial charge in [0.05, 0.1) is 8.07 Å². The van der Waals surface area contributed by atoms with E-state index >= 15 is 0 Å². The van der Waals surface area contributed by atoms with Gasteiger partial charge in [0.25, 0.3) is 0 Å². The molecule has 0 aliphatic carbocycles. The van der Waals surface area contributed by atoms with Gasteiger partial charge in [-0.05, 0) is 26.4 Å². The third-order valence-electron chi connectivity index (χ3n) is 4.26. The highest BCUT2D eigenvalue weighted by Crippen LogP contribution is 2.30. The highest BCUT2D eigenvalue weighted by Gasteiger charge is 2.35. The average Bonchev–Trinajstić information content (AvgIpc) is 2.32. The lowest BCUT2D eigenvalue weighted by Crippen LogP contribution is -2.42. The van der Waals surface area contributed by atoms with E-state index in [1.807, 2.05) is 0 Å². The van der Waals surface area contributed by atoms with Crippen LogP contribution in [0.25, 0.3) is 0 Å². The molecule has 2 nitrogen and oxygen atoms in total. The molecule has 0 fully saturated rings. The predicted molar refractivity (Wildman–Crippen MR) is 81.7 cm³/mol. The van der Waals surface area contributed by atoms with Crippen molar-refractivity contribution >= 4 is 16.6 Å². The summed E-state index contributed by atoms with van der Waals surface area (Å²) in [6.07, 6.45) is 0. The Balaban J connectivity index is 4.45. The minimum atomic E-state index is -1.87. The maximum Gasteiger partial charge on any atom is 0.334 e. The Labute approximate surface area is 110 Å². The van der Waals surface area contributed by atoms with Crippen LogP contribution in [0, 0.1) is 0 Å². The molecule has 0 aliphatic heterocycles. The molecule has 0 atom stereocenters. The van der Waals surface area contributed by atoms with Gasteiger partial charge < -0.3 is 8.85 Å². The van der Waals surface area contributed by atoms with Crippen molar-refractivity contribution in [1.29, 1.82) is 0 Å². The van der Waals surface area contributed by atoms with E-state index in [9.17, 15) is 0 Å². The molecule has 0 aromatic heterocycles. The Bertz CT molecular complexity index is 180. The Morgan fingerprint density at radius 3 is 1.41 bits per heavy atom. The lowest BCUT2D eigenvalue weighted by atomic mass is 10.9. The summed E-state index contributed by atoms with van der Waals surface area (Å²) >= 11 is 0. The van der Waals surface area contributed by atoms with Crippen molar-refractivity contribution in [3.8, 4) is 0 Å². The van der Waals surface area contributed by atoms with E-state index in [4.69, 9.17) is 8.85 Å². The lowest BCUT2D eigenvalue weighted by molar-refractivity contribution is 0.190. The molecule has 0 heterocycles. The molecule has 0 N–H and O–H groups in total. The van der Waals surface area contributed by atoms with Crippen LogP contribution < -0.4 is 0 Å². The second kappa shape index (κ2) is 8.45. The molecule has 0 saturated heterocycles. The molecule has 0 rings (SSSR count). The fraction of sp³-hybridized carbons (Fsp3) is 1.00. The first-order chi connectivity index (χ1) is 8.01. The summed E-state index contributed by atoms with van der Waals surface area (Å²) in [5, 5.41) is 0. The molecule has 0 amide bonds. The van der Waals surface area contributed by atoms with Gasteiger partial charge >= 0.3 is 8.56 Å². The molecule has 0 bridgehead atoms. The smallest absolute Gasteiger partial charge is 0.334 e. The zero-order chi connectivity index (χ0) is 13.4. The molecule has 0 aromatic carbocycles. The van der Waals surface area contributed by atoms with Gasteiger partial charge in [0.2, 0.25) is 0 Å². The van der Waals surface area contributed by atoms with Crippen molar-refractivity contribution in [2.75, 3.05) is 13.2 Å². The Hall–Kier alpha value is 0.354. The highest BCUT2D eigenvalue weighted by atomic mass is 28.4. The SMILES string of the molecule is CCO[Si](C)(CC[Si](CC)(CC)CC)OCC. The minimum absolute atomic E-state index is 0.793. The molecule has 0 radical (unpaired) electrons. The van der Waals surface area contributed by atoms with Crippen LogP contribution in [0.1, 0.15) is 34.6 Å². The fourth-order valence-corrected chi connectivity index (χ4v) is 10.7. The van der Waals surface area contributed by atoms with Crippen LogP contribution in [-0.4, -0.2) is 29.8 Å². The summed E-state index contributed by atoms with van der Waals surface area (Å²) in [5.41, 5.74) is 0. The van der Waals surface area contributed by atoms with Crippen LogP contribution in [-0.2, 0) is 8.85 Å². The van der Waals surface area contributed by atoms with Gasteiger partial charge in [-0.3, -0.25) is 0 Å². The van der Waals surface area contributed by atoms with Gasteiger partial charge in [0, 0.05) is 13.2 Å². The van der Waals surface area contributed by atoms with Crippen LogP contribution in [0.3, 0.4) is 0 Å². The predicted octanol–water partition coefficient (Wildman–Crippen LogP) is 4.64. The molecular formula is C13H32O2Si2. The summed E-state index contributed by atoms with van der Waals surface area (Å²) in [7, 11) is -2.88. The maximum absolute atomic E-state index is 5.94. The van der Waals surface area contributed by atoms with Crippen LogP contribution >= 0.6 is 0 Å². The summed E-state index contributed by atoms with van der Waals surface area (Å²) in [5.74, 6) is 0. The number of hydrogen-bond donors (Lipinski definition) is 0. The van der Waals surface area contributed by atoms with Gasteiger partial charge in [-0.1, -0.05) is 44.9 Å². The van der Waals surface area contributed by atoms with Crippen LogP contribution in [0.2, 0.25) is 36.8 Å². The first kappa shape index (κ1) is 17.4. The van der Waals surface area contributed by atoms with Crippen molar-refractivity contribution in [3.05, 3.63) is 0 Å². The maximum atomic E-state index is 5.94. The molecule has 0 spiro atoms. The number of hydrogen-bond acceptors (Lipinski definition) is 2. The van der Waals surface area contributed by atoms with Crippen molar-refractivity contribution < 1.29 is 8.85 Å². The van der Waals surface area contributed by atoms with Crippen LogP contribution in [0.15, 0.2) is 0 Å². The molecule has 0 aromatic rings. The summed E-state index contributed by atoms with van der Waals surface area (Å²) in [6.45, 7) is 15.1. The van der Waals surface area contributed by atoms with Crippen LogP contribution in [0.5, 0.6) is 0 Å². The van der Waals surface area contributed by atoms with E-state index in [0.717, 1.165) is 13.2 Å². The van der Waals surface area contributed by atoms with Crippen molar-refractivity contribution in [2.45, 2.75) is 71.4 Å². The van der Waals surface area contributed by atoms with E-state index in [1.165, 1.54) is 30.2 Å². The highest BCUT2D eigenvalue weighted by molar-refractivity contribution is 6.81. The number of rotatable bonds is 10. The van der Waals surface area contributed by atoms with Crippen molar-refractivity contribution in [2.24, 2.45) is 0 Å². The molecule has 0 saturated carbocycles. The van der Waals surface area contributed by atoms with Crippen molar-refractivity contribution in [3.63, 3.8) is 0 Å². The van der Waals surface area contributed by atoms with E-state index in [1.54, 1.807) is 0 Å². The summed E-state index contributed by atoms with van der Waals surface area (Å²) < 4.78 is 11.9. The molecule has 4 heteroatoms. The molecule has 0 aliphatic rings. The van der Waals surface area contributed by atoms with Gasteiger partial charge in [-0.25, -0.2) is 0 Å². The Kier molecular flexibility index (Phi) is 8.63. The Morgan fingerprint density at radius 1 is 0.706 bits per heavy atom. The molecular weight excluding hydrogens is 244 g/mol. The summed E-state index contributed by atoms with van der Waals surface area (Å²) in [6, 6.07) is 6.80. The van der Waals surface area contributed by atoms with Gasteiger partial charge in [0.15, 0.2) is 0 Å². The first-order valence-electron chi connectivity index (χ1n) is 7.29. The molecule has 104 valence electrons. The quantitative estimate of drug-likeness (QED) is 0.541. The van der Waals surface area contributed by atoms with Gasteiger partial charge in [-0.15, -0.1) is 0 Å². The van der Waals surface area contributed by atoms with Crippen LogP contribution in [0.4, 0.5) is 0 Å². The zero-order valence-corrected chi connectivity index (χ0v) is 14.8. The second-order valence-electron chi connectivity index (χ2n) is 5.06. The molecule has 17 heavy (non-hydrogen) atoms. The van der Waals surface area contributed by atoms with Gasteiger partial charge in [0.1, 0.15) is 0 Å². The normalized spacial score (nSPS) is 13.1. The lowest BCUT2D eigenvalue weighted by Gasteiger charge is -2.33. The van der Waals surface area contributed by atoms with E-state index < -0.39 is 16.6 Å². The van der Waals surface area contributed by atoms with E-state index in [2.05, 4.69) is 41.2 Å². The zero-order valence-electron chi connectivity index (χ0n) is 12.8. The standard InChI is InChI=1S/C13H32O2Si2/c1-7-14-16(6,15-8-2)12-13-17(9-3,10-4)11-5/h7-13H2,1-6H3. The van der Waals surface area contributed by atoms with Gasteiger partial charge in [-0.2, -0.15) is 0 Å². The minimum Gasteiger partial charge on any atom is -0.395 e. The first-order valence-corrected chi connectivity index (χ1v) is 12.6. The monoisotopic (exact) mass is 276 g/mol. The fourth-order valence-electron chi connectivity index (χ4n) is 2.57. The Morgan fingerprint density at radius 2 is 1.12 bits per heavy atom. The average molecular weight is 277 g/mol. The summed E-state index contributed by atoms with van der Waals surface area (Å²) in [4.78, 5) is 0.